The van der Waals surface area contributed by atoms with Crippen LogP contribution in [0.3, 0.4) is 0 Å². The molecule has 0 radical (unpaired) electrons. The van der Waals surface area contributed by atoms with Gasteiger partial charge in [-0.25, -0.2) is 0 Å². The highest BCUT2D eigenvalue weighted by Crippen LogP contribution is 2.23. The first kappa shape index (κ1) is 11.8. The zero-order valence-corrected chi connectivity index (χ0v) is 10.8. The molecule has 1 aliphatic rings. The summed E-state index contributed by atoms with van der Waals surface area (Å²) in [7, 11) is 0. The molecule has 6 heteroatoms. The van der Waals surface area contributed by atoms with Crippen LogP contribution in [0.5, 0.6) is 0 Å². The van der Waals surface area contributed by atoms with E-state index in [1.165, 1.54) is 0 Å². The highest BCUT2D eigenvalue weighted by molar-refractivity contribution is 7.13. The Morgan fingerprint density at radius 3 is 3.00 bits per heavy atom. The Bertz CT molecular complexity index is 489. The molecule has 0 spiro atoms. The quantitative estimate of drug-likeness (QED) is 0.916. The van der Waals surface area contributed by atoms with Gasteiger partial charge in [0.15, 0.2) is 5.82 Å². The van der Waals surface area contributed by atoms with Crippen molar-refractivity contribution in [2.75, 3.05) is 13.1 Å². The molecule has 0 amide bonds. The number of rotatable bonds is 3. The molecule has 1 saturated heterocycles. The first-order chi connectivity index (χ1) is 8.81. The van der Waals surface area contributed by atoms with E-state index in [9.17, 15) is 5.11 Å². The molecule has 2 aromatic heterocycles. The van der Waals surface area contributed by atoms with Crippen molar-refractivity contribution in [1.82, 2.24) is 15.0 Å². The lowest BCUT2D eigenvalue weighted by Crippen LogP contribution is -2.35. The van der Waals surface area contributed by atoms with Crippen LogP contribution >= 0.6 is 11.3 Å². The van der Waals surface area contributed by atoms with Crippen molar-refractivity contribution in [3.05, 3.63) is 23.3 Å². The van der Waals surface area contributed by atoms with Gasteiger partial charge in [0.25, 0.3) is 5.89 Å². The predicted octanol–water partition coefficient (Wildman–Crippen LogP) is 1.75. The largest absolute Gasteiger partial charge is 0.393 e. The standard InChI is InChI=1S/C12H15N3O2S/c16-9-3-5-15(6-4-9)8-11-13-12(17-14-11)10-2-1-7-18-10/h1-2,7,9,16H,3-6,8H2. The second-order valence-corrected chi connectivity index (χ2v) is 5.45. The zero-order chi connectivity index (χ0) is 12.4. The summed E-state index contributed by atoms with van der Waals surface area (Å²) in [6.45, 7) is 2.48. The summed E-state index contributed by atoms with van der Waals surface area (Å²) in [4.78, 5) is 7.64. The molecule has 0 aromatic carbocycles. The normalized spacial score (nSPS) is 18.3. The number of hydrogen-bond donors (Lipinski definition) is 1. The SMILES string of the molecule is OC1CCN(Cc2noc(-c3cccs3)n2)CC1. The Kier molecular flexibility index (Phi) is 3.40. The van der Waals surface area contributed by atoms with Gasteiger partial charge in [-0.1, -0.05) is 11.2 Å². The maximum atomic E-state index is 9.45. The van der Waals surface area contributed by atoms with Gasteiger partial charge in [0.2, 0.25) is 0 Å². The Morgan fingerprint density at radius 1 is 1.44 bits per heavy atom. The molecule has 0 unspecified atom stereocenters. The number of hydrogen-bond acceptors (Lipinski definition) is 6. The van der Waals surface area contributed by atoms with Crippen molar-refractivity contribution in [2.24, 2.45) is 0 Å². The van der Waals surface area contributed by atoms with Gasteiger partial charge in [-0.15, -0.1) is 11.3 Å². The minimum absolute atomic E-state index is 0.145. The van der Waals surface area contributed by atoms with Gasteiger partial charge < -0.3 is 9.63 Å². The summed E-state index contributed by atoms with van der Waals surface area (Å²) in [5, 5.41) is 15.4. The van der Waals surface area contributed by atoms with Crippen LogP contribution in [0, 0.1) is 0 Å². The van der Waals surface area contributed by atoms with Crippen molar-refractivity contribution >= 4 is 11.3 Å². The second kappa shape index (κ2) is 5.17. The minimum Gasteiger partial charge on any atom is -0.393 e. The van der Waals surface area contributed by atoms with E-state index < -0.39 is 0 Å². The van der Waals surface area contributed by atoms with Crippen LogP contribution < -0.4 is 0 Å². The van der Waals surface area contributed by atoms with E-state index in [0.717, 1.165) is 36.6 Å². The van der Waals surface area contributed by atoms with Crippen LogP contribution in [0.1, 0.15) is 18.7 Å². The lowest BCUT2D eigenvalue weighted by Gasteiger charge is -2.28. The van der Waals surface area contributed by atoms with E-state index in [4.69, 9.17) is 4.52 Å². The Balaban J connectivity index is 1.64. The van der Waals surface area contributed by atoms with Crippen molar-refractivity contribution in [2.45, 2.75) is 25.5 Å². The maximum Gasteiger partial charge on any atom is 0.268 e. The van der Waals surface area contributed by atoms with E-state index in [1.54, 1.807) is 11.3 Å². The fourth-order valence-electron chi connectivity index (χ4n) is 2.10. The van der Waals surface area contributed by atoms with Crippen LogP contribution in [-0.4, -0.2) is 39.3 Å². The average molecular weight is 265 g/mol. The third-order valence-corrected chi connectivity index (χ3v) is 3.98. The van der Waals surface area contributed by atoms with Gasteiger partial charge in [-0.3, -0.25) is 4.90 Å². The van der Waals surface area contributed by atoms with E-state index in [0.29, 0.717) is 12.4 Å². The molecular weight excluding hydrogens is 250 g/mol. The van der Waals surface area contributed by atoms with Gasteiger partial charge in [0, 0.05) is 13.1 Å². The van der Waals surface area contributed by atoms with E-state index in [2.05, 4.69) is 15.0 Å². The monoisotopic (exact) mass is 265 g/mol. The van der Waals surface area contributed by atoms with E-state index >= 15 is 0 Å². The summed E-state index contributed by atoms with van der Waals surface area (Å²) in [5.74, 6) is 1.31. The van der Waals surface area contributed by atoms with Crippen LogP contribution in [0.25, 0.3) is 10.8 Å². The molecular formula is C12H15N3O2S. The predicted molar refractivity (Wildman–Crippen MR) is 68.1 cm³/mol. The molecule has 96 valence electrons. The average Bonchev–Trinajstić information content (AvgIpc) is 3.02. The van der Waals surface area contributed by atoms with Crippen molar-refractivity contribution < 1.29 is 9.63 Å². The zero-order valence-electron chi connectivity index (χ0n) is 9.95. The fourth-order valence-corrected chi connectivity index (χ4v) is 2.74. The number of aliphatic hydroxyl groups is 1. The summed E-state index contributed by atoms with van der Waals surface area (Å²) < 4.78 is 5.24. The molecule has 0 atom stereocenters. The molecule has 0 aliphatic carbocycles. The minimum atomic E-state index is -0.145. The number of aliphatic hydroxyl groups excluding tert-OH is 1. The van der Waals surface area contributed by atoms with Crippen molar-refractivity contribution in [1.29, 1.82) is 0 Å². The smallest absolute Gasteiger partial charge is 0.268 e. The summed E-state index contributed by atoms with van der Waals surface area (Å²) in [6.07, 6.45) is 1.51. The van der Waals surface area contributed by atoms with Gasteiger partial charge in [-0.05, 0) is 24.3 Å². The molecule has 1 fully saturated rings. The lowest BCUT2D eigenvalue weighted by atomic mass is 10.1. The topological polar surface area (TPSA) is 62.4 Å². The van der Waals surface area contributed by atoms with Gasteiger partial charge >= 0.3 is 0 Å². The molecule has 0 saturated carbocycles. The summed E-state index contributed by atoms with van der Waals surface area (Å²) in [6, 6.07) is 3.94. The lowest BCUT2D eigenvalue weighted by molar-refractivity contribution is 0.0777. The summed E-state index contributed by atoms with van der Waals surface area (Å²) in [5.41, 5.74) is 0. The molecule has 0 bridgehead atoms. The second-order valence-electron chi connectivity index (χ2n) is 4.50. The van der Waals surface area contributed by atoms with Crippen molar-refractivity contribution in [3.8, 4) is 10.8 Å². The molecule has 1 N–H and O–H groups in total. The van der Waals surface area contributed by atoms with Gasteiger partial charge in [0.1, 0.15) is 0 Å². The van der Waals surface area contributed by atoms with Crippen LogP contribution in [0.15, 0.2) is 22.0 Å². The Labute approximate surface area is 109 Å². The molecule has 2 aromatic rings. The number of piperidine rings is 1. The molecule has 1 aliphatic heterocycles. The van der Waals surface area contributed by atoms with Gasteiger partial charge in [-0.2, -0.15) is 4.98 Å². The molecule has 3 rings (SSSR count). The van der Waals surface area contributed by atoms with Crippen LogP contribution in [0.4, 0.5) is 0 Å². The number of likely N-dealkylation sites (tertiary alicyclic amines) is 1. The highest BCUT2D eigenvalue weighted by atomic mass is 32.1. The van der Waals surface area contributed by atoms with Crippen molar-refractivity contribution in [3.63, 3.8) is 0 Å². The van der Waals surface area contributed by atoms with Crippen LogP contribution in [-0.2, 0) is 6.54 Å². The third kappa shape index (κ3) is 2.60. The van der Waals surface area contributed by atoms with Gasteiger partial charge in [0.05, 0.1) is 17.5 Å². The maximum absolute atomic E-state index is 9.45. The van der Waals surface area contributed by atoms with E-state index in [1.807, 2.05) is 17.5 Å². The first-order valence-corrected chi connectivity index (χ1v) is 6.96. The summed E-state index contributed by atoms with van der Waals surface area (Å²) >= 11 is 1.59. The number of thiophene rings is 1. The van der Waals surface area contributed by atoms with Crippen LogP contribution in [0.2, 0.25) is 0 Å². The highest BCUT2D eigenvalue weighted by Gasteiger charge is 2.19. The third-order valence-electron chi connectivity index (χ3n) is 3.12. The number of aromatic nitrogens is 2. The van der Waals surface area contributed by atoms with E-state index in [-0.39, 0.29) is 6.10 Å². The molecule has 5 nitrogen and oxygen atoms in total. The number of nitrogens with zero attached hydrogens (tertiary/aromatic N) is 3. The fraction of sp³-hybridized carbons (Fsp3) is 0.500. The Hall–Kier alpha value is -1.24. The Morgan fingerprint density at radius 2 is 2.28 bits per heavy atom. The first-order valence-electron chi connectivity index (χ1n) is 6.08. The molecule has 18 heavy (non-hydrogen) atoms. The molecule has 3 heterocycles.